The predicted molar refractivity (Wildman–Crippen MR) is 106 cm³/mol. The Labute approximate surface area is 172 Å². The number of sulfone groups is 1. The van der Waals surface area contributed by atoms with E-state index in [0.717, 1.165) is 50.5 Å². The van der Waals surface area contributed by atoms with Gasteiger partial charge in [0.15, 0.2) is 15.5 Å². The minimum Gasteiger partial charge on any atom is -0.501 e. The van der Waals surface area contributed by atoms with E-state index in [4.69, 9.17) is 0 Å². The first-order valence-electron chi connectivity index (χ1n) is 9.73. The number of carbonyl (C=O) groups excluding carboxylic acids is 1. The molecule has 1 aliphatic heterocycles. The third-order valence-corrected chi connectivity index (χ3v) is 7.23. The molecule has 0 bridgehead atoms. The quantitative estimate of drug-likeness (QED) is 0.754. The zero-order valence-corrected chi connectivity index (χ0v) is 17.3. The molecular formula is C20H22FN3O5S. The second-order valence-corrected chi connectivity index (χ2v) is 10.0. The summed E-state index contributed by atoms with van der Waals surface area (Å²) in [5, 5.41) is 12.8. The fourth-order valence-electron chi connectivity index (χ4n) is 4.36. The third kappa shape index (κ3) is 3.38. The summed E-state index contributed by atoms with van der Waals surface area (Å²) in [7, 11) is -3.72. The molecule has 1 spiro atoms. The Balaban J connectivity index is 1.65. The van der Waals surface area contributed by atoms with Gasteiger partial charge in [0.1, 0.15) is 11.6 Å². The Morgan fingerprint density at radius 3 is 2.63 bits per heavy atom. The number of benzene rings is 1. The standard InChI is InChI=1S/C20H22FN3O5S/c1-30(28,29)14-10-13(21)5-4-12(14)11-22-17(26)15-16(25)18(27)24-9-3-8-20(6-2-7-20)19(24)23-15/h4-5,10,25H,2-3,6-9,11H2,1H3,(H,22,26). The first kappa shape index (κ1) is 20.5. The van der Waals surface area contributed by atoms with Crippen molar-refractivity contribution in [1.82, 2.24) is 14.9 Å². The van der Waals surface area contributed by atoms with Crippen molar-refractivity contribution in [3.05, 3.63) is 51.5 Å². The SMILES string of the molecule is CS(=O)(=O)c1cc(F)ccc1CNC(=O)c1nc2n(c(=O)c1O)CCCC21CCC1. The number of fused-ring (bicyclic) bond motifs is 2. The Morgan fingerprint density at radius 2 is 2.00 bits per heavy atom. The topological polar surface area (TPSA) is 118 Å². The van der Waals surface area contributed by atoms with Crippen LogP contribution in [0.15, 0.2) is 27.9 Å². The average molecular weight is 435 g/mol. The highest BCUT2D eigenvalue weighted by Gasteiger charge is 2.45. The Hall–Kier alpha value is -2.75. The van der Waals surface area contributed by atoms with E-state index in [2.05, 4.69) is 10.3 Å². The number of halogens is 1. The van der Waals surface area contributed by atoms with Crippen LogP contribution in [-0.4, -0.2) is 35.2 Å². The van der Waals surface area contributed by atoms with E-state index in [1.807, 2.05) is 0 Å². The van der Waals surface area contributed by atoms with Gasteiger partial charge >= 0.3 is 0 Å². The second kappa shape index (κ2) is 7.19. The molecule has 0 unspecified atom stereocenters. The summed E-state index contributed by atoms with van der Waals surface area (Å²) in [4.78, 5) is 29.5. The molecule has 4 rings (SSSR count). The van der Waals surface area contributed by atoms with E-state index in [9.17, 15) is 27.5 Å². The van der Waals surface area contributed by atoms with Gasteiger partial charge < -0.3 is 10.4 Å². The van der Waals surface area contributed by atoms with E-state index in [1.54, 1.807) is 0 Å². The van der Waals surface area contributed by atoms with Gasteiger partial charge in [-0.25, -0.2) is 17.8 Å². The molecule has 8 nitrogen and oxygen atoms in total. The molecule has 30 heavy (non-hydrogen) atoms. The van der Waals surface area contributed by atoms with Crippen LogP contribution in [0, 0.1) is 5.82 Å². The van der Waals surface area contributed by atoms with Crippen LogP contribution in [0.25, 0.3) is 0 Å². The maximum Gasteiger partial charge on any atom is 0.296 e. The number of hydrogen-bond donors (Lipinski definition) is 2. The van der Waals surface area contributed by atoms with E-state index < -0.39 is 32.9 Å². The number of carbonyl (C=O) groups is 1. The van der Waals surface area contributed by atoms with E-state index in [0.29, 0.717) is 12.4 Å². The number of rotatable bonds is 4. The molecule has 1 saturated carbocycles. The van der Waals surface area contributed by atoms with E-state index in [-0.39, 0.29) is 28.1 Å². The molecule has 2 N–H and O–H groups in total. The lowest BCUT2D eigenvalue weighted by Gasteiger charge is -2.45. The van der Waals surface area contributed by atoms with Crippen molar-refractivity contribution in [3.63, 3.8) is 0 Å². The molecule has 0 radical (unpaired) electrons. The van der Waals surface area contributed by atoms with Crippen LogP contribution >= 0.6 is 0 Å². The molecule has 1 aromatic carbocycles. The van der Waals surface area contributed by atoms with Gasteiger partial charge in [0.2, 0.25) is 5.75 Å². The van der Waals surface area contributed by atoms with Crippen molar-refractivity contribution in [1.29, 1.82) is 0 Å². The van der Waals surface area contributed by atoms with Crippen molar-refractivity contribution < 1.29 is 22.7 Å². The molecule has 0 atom stereocenters. The first-order valence-corrected chi connectivity index (χ1v) is 11.6. The fraction of sp³-hybridized carbons (Fsp3) is 0.450. The summed E-state index contributed by atoms with van der Waals surface area (Å²) in [6.45, 7) is 0.220. The van der Waals surface area contributed by atoms with Crippen LogP contribution in [0.2, 0.25) is 0 Å². The van der Waals surface area contributed by atoms with Crippen molar-refractivity contribution in [2.45, 2.75) is 55.5 Å². The lowest BCUT2D eigenvalue weighted by atomic mass is 9.64. The zero-order valence-electron chi connectivity index (χ0n) is 16.4. The molecule has 0 saturated heterocycles. The highest BCUT2D eigenvalue weighted by Crippen LogP contribution is 2.48. The highest BCUT2D eigenvalue weighted by molar-refractivity contribution is 7.90. The highest BCUT2D eigenvalue weighted by atomic mass is 32.2. The van der Waals surface area contributed by atoms with Gasteiger partial charge in [-0.15, -0.1) is 0 Å². The second-order valence-electron chi connectivity index (χ2n) is 8.03. The third-order valence-electron chi connectivity index (χ3n) is 6.05. The monoisotopic (exact) mass is 435 g/mol. The maximum absolute atomic E-state index is 13.5. The molecule has 2 aliphatic rings. The molecule has 1 amide bonds. The van der Waals surface area contributed by atoms with E-state index in [1.165, 1.54) is 10.6 Å². The van der Waals surface area contributed by atoms with Gasteiger partial charge in [-0.05, 0) is 43.4 Å². The molecule has 1 aromatic heterocycles. The zero-order chi connectivity index (χ0) is 21.7. The molecule has 10 heteroatoms. The fourth-order valence-corrected chi connectivity index (χ4v) is 5.30. The van der Waals surface area contributed by atoms with Crippen LogP contribution in [0.1, 0.15) is 54.0 Å². The molecule has 1 fully saturated rings. The van der Waals surface area contributed by atoms with Gasteiger partial charge in [-0.3, -0.25) is 14.2 Å². The summed E-state index contributed by atoms with van der Waals surface area (Å²) < 4.78 is 38.8. The molecule has 1 aliphatic carbocycles. The molecule has 160 valence electrons. The maximum atomic E-state index is 13.5. The summed E-state index contributed by atoms with van der Waals surface area (Å²) in [5.41, 5.74) is -1.05. The Bertz CT molecular complexity index is 1200. The Morgan fingerprint density at radius 1 is 1.30 bits per heavy atom. The summed E-state index contributed by atoms with van der Waals surface area (Å²) in [5.74, 6) is -1.70. The van der Waals surface area contributed by atoms with Crippen LogP contribution in [-0.2, 0) is 28.3 Å². The smallest absolute Gasteiger partial charge is 0.296 e. The minimum atomic E-state index is -3.72. The lowest BCUT2D eigenvalue weighted by Crippen LogP contribution is -2.45. The van der Waals surface area contributed by atoms with Crippen molar-refractivity contribution in [2.75, 3.05) is 6.26 Å². The van der Waals surface area contributed by atoms with Gasteiger partial charge in [-0.1, -0.05) is 12.5 Å². The summed E-state index contributed by atoms with van der Waals surface area (Å²) in [6, 6.07) is 3.25. The van der Waals surface area contributed by atoms with Gasteiger partial charge in [0.25, 0.3) is 11.5 Å². The number of aromatic nitrogens is 2. The molecular weight excluding hydrogens is 413 g/mol. The lowest BCUT2D eigenvalue weighted by molar-refractivity contribution is 0.0937. The van der Waals surface area contributed by atoms with Crippen molar-refractivity contribution in [3.8, 4) is 5.75 Å². The van der Waals surface area contributed by atoms with Crippen LogP contribution in [0.4, 0.5) is 4.39 Å². The van der Waals surface area contributed by atoms with Gasteiger partial charge in [0, 0.05) is 24.8 Å². The number of nitrogens with one attached hydrogen (secondary N) is 1. The predicted octanol–water partition coefficient (Wildman–Crippen LogP) is 1.64. The van der Waals surface area contributed by atoms with Gasteiger partial charge in [-0.2, -0.15) is 0 Å². The van der Waals surface area contributed by atoms with Crippen LogP contribution in [0.5, 0.6) is 5.75 Å². The van der Waals surface area contributed by atoms with Crippen LogP contribution < -0.4 is 10.9 Å². The summed E-state index contributed by atoms with van der Waals surface area (Å²) in [6.07, 6.45) is 5.45. The normalized spacial score (nSPS) is 17.3. The van der Waals surface area contributed by atoms with Crippen molar-refractivity contribution in [2.24, 2.45) is 0 Å². The van der Waals surface area contributed by atoms with Crippen LogP contribution in [0.3, 0.4) is 0 Å². The largest absolute Gasteiger partial charge is 0.501 e. The number of aromatic hydroxyl groups is 1. The van der Waals surface area contributed by atoms with Gasteiger partial charge in [0.05, 0.1) is 4.90 Å². The van der Waals surface area contributed by atoms with Crippen molar-refractivity contribution >= 4 is 15.7 Å². The van der Waals surface area contributed by atoms with E-state index >= 15 is 0 Å². The number of hydrogen-bond acceptors (Lipinski definition) is 6. The molecule has 2 heterocycles. The number of nitrogens with zero attached hydrogens (tertiary/aromatic N) is 2. The summed E-state index contributed by atoms with van der Waals surface area (Å²) >= 11 is 0. The molecule has 2 aromatic rings. The first-order chi connectivity index (χ1) is 14.1. The number of amides is 1. The minimum absolute atomic E-state index is 0.192. The average Bonchev–Trinajstić information content (AvgIpc) is 2.67. The Kier molecular flexibility index (Phi) is 4.92.